The van der Waals surface area contributed by atoms with E-state index in [1.54, 1.807) is 11.3 Å². The fourth-order valence-corrected chi connectivity index (χ4v) is 2.79. The third-order valence-electron chi connectivity index (χ3n) is 2.99. The molecule has 0 fully saturated rings. The Balaban J connectivity index is 1.67. The van der Waals surface area contributed by atoms with Crippen LogP contribution in [0.4, 0.5) is 0 Å². The molecule has 0 amide bonds. The van der Waals surface area contributed by atoms with Crippen LogP contribution in [-0.4, -0.2) is 30.0 Å². The van der Waals surface area contributed by atoms with Crippen LogP contribution in [0.2, 0.25) is 0 Å². The molecule has 0 atom stereocenters. The minimum absolute atomic E-state index is 0.215. The number of hydrogen-bond donors (Lipinski definition) is 2. The summed E-state index contributed by atoms with van der Waals surface area (Å²) in [4.78, 5) is 4.60. The molecule has 1 aliphatic rings. The van der Waals surface area contributed by atoms with Crippen LogP contribution in [0.15, 0.2) is 23.6 Å². The van der Waals surface area contributed by atoms with Gasteiger partial charge in [-0.3, -0.25) is 0 Å². The topological polar surface area (TPSA) is 63.6 Å². The third-order valence-corrected chi connectivity index (χ3v) is 3.93. The lowest BCUT2D eigenvalue weighted by Crippen LogP contribution is -2.15. The molecule has 1 aliphatic heterocycles. The second-order valence-electron chi connectivity index (χ2n) is 4.47. The van der Waals surface area contributed by atoms with Gasteiger partial charge in [0, 0.05) is 24.1 Å². The summed E-state index contributed by atoms with van der Waals surface area (Å²) < 4.78 is 10.7. The molecule has 2 heterocycles. The lowest BCUT2D eigenvalue weighted by Gasteiger charge is -2.00. The second kappa shape index (κ2) is 6.21. The number of benzene rings is 1. The first-order valence-corrected chi connectivity index (χ1v) is 7.41. The van der Waals surface area contributed by atoms with Crippen molar-refractivity contribution < 1.29 is 14.6 Å². The zero-order valence-electron chi connectivity index (χ0n) is 11.0. The van der Waals surface area contributed by atoms with Crippen molar-refractivity contribution in [3.8, 4) is 22.1 Å². The van der Waals surface area contributed by atoms with E-state index in [0.29, 0.717) is 0 Å². The van der Waals surface area contributed by atoms with Gasteiger partial charge in [-0.1, -0.05) is 0 Å². The van der Waals surface area contributed by atoms with E-state index >= 15 is 0 Å². The summed E-state index contributed by atoms with van der Waals surface area (Å²) in [5.41, 5.74) is 2.06. The van der Waals surface area contributed by atoms with E-state index in [-0.39, 0.29) is 13.4 Å². The first-order valence-electron chi connectivity index (χ1n) is 6.53. The van der Waals surface area contributed by atoms with Crippen molar-refractivity contribution in [3.05, 3.63) is 29.3 Å². The van der Waals surface area contributed by atoms with E-state index in [4.69, 9.17) is 14.6 Å². The number of thiazole rings is 1. The highest BCUT2D eigenvalue weighted by Gasteiger charge is 2.15. The minimum Gasteiger partial charge on any atom is -0.454 e. The van der Waals surface area contributed by atoms with Crippen LogP contribution in [0, 0.1) is 0 Å². The third kappa shape index (κ3) is 2.92. The van der Waals surface area contributed by atoms with Crippen LogP contribution < -0.4 is 14.8 Å². The summed E-state index contributed by atoms with van der Waals surface area (Å²) in [5, 5.41) is 15.0. The number of aliphatic hydroxyl groups is 1. The zero-order chi connectivity index (χ0) is 13.8. The quantitative estimate of drug-likeness (QED) is 0.797. The van der Waals surface area contributed by atoms with Gasteiger partial charge < -0.3 is 19.9 Å². The fraction of sp³-hybridized carbons (Fsp3) is 0.357. The average molecular weight is 292 g/mol. The average Bonchev–Trinajstić information content (AvgIpc) is 3.11. The summed E-state index contributed by atoms with van der Waals surface area (Å²) in [5.74, 6) is 1.57. The van der Waals surface area contributed by atoms with E-state index < -0.39 is 0 Å². The SMILES string of the molecule is OCCCNCc1csc(-c2ccc3c(c2)OCO3)n1. The van der Waals surface area contributed by atoms with Crippen LogP contribution in [0.3, 0.4) is 0 Å². The molecule has 20 heavy (non-hydrogen) atoms. The van der Waals surface area contributed by atoms with Crippen molar-refractivity contribution in [2.24, 2.45) is 0 Å². The highest BCUT2D eigenvalue weighted by Crippen LogP contribution is 2.36. The Kier molecular flexibility index (Phi) is 4.15. The van der Waals surface area contributed by atoms with E-state index in [0.717, 1.165) is 47.3 Å². The Labute approximate surface area is 121 Å². The minimum atomic E-state index is 0.215. The molecule has 0 unspecified atom stereocenters. The number of aliphatic hydroxyl groups excluding tert-OH is 1. The van der Waals surface area contributed by atoms with E-state index in [2.05, 4.69) is 10.3 Å². The Bertz CT molecular complexity index is 586. The molecule has 2 N–H and O–H groups in total. The van der Waals surface area contributed by atoms with Crippen molar-refractivity contribution in [3.63, 3.8) is 0 Å². The lowest BCUT2D eigenvalue weighted by molar-refractivity contribution is 0.174. The maximum absolute atomic E-state index is 8.72. The van der Waals surface area contributed by atoms with Crippen LogP contribution in [0.25, 0.3) is 10.6 Å². The highest BCUT2D eigenvalue weighted by molar-refractivity contribution is 7.13. The predicted molar refractivity (Wildman–Crippen MR) is 77.1 cm³/mol. The predicted octanol–water partition coefficient (Wildman–Crippen LogP) is 2.01. The molecule has 5 nitrogen and oxygen atoms in total. The summed E-state index contributed by atoms with van der Waals surface area (Å²) >= 11 is 1.62. The maximum atomic E-state index is 8.72. The molecular formula is C14H16N2O3S. The molecule has 2 aromatic rings. The standard InChI is InChI=1S/C14H16N2O3S/c17-5-1-4-15-7-11-8-20-14(16-11)10-2-3-12-13(6-10)19-9-18-12/h2-3,6,8,15,17H,1,4-5,7,9H2. The van der Waals surface area contributed by atoms with Gasteiger partial charge in [0.05, 0.1) is 5.69 Å². The van der Waals surface area contributed by atoms with Crippen molar-refractivity contribution in [1.82, 2.24) is 10.3 Å². The summed E-state index contributed by atoms with van der Waals surface area (Å²) in [7, 11) is 0. The number of fused-ring (bicyclic) bond motifs is 1. The number of hydrogen-bond acceptors (Lipinski definition) is 6. The van der Waals surface area contributed by atoms with Gasteiger partial charge in [-0.25, -0.2) is 4.98 Å². The van der Waals surface area contributed by atoms with Crippen molar-refractivity contribution in [1.29, 1.82) is 0 Å². The van der Waals surface area contributed by atoms with E-state index in [1.165, 1.54) is 0 Å². The van der Waals surface area contributed by atoms with Gasteiger partial charge in [-0.05, 0) is 31.2 Å². The van der Waals surface area contributed by atoms with Crippen molar-refractivity contribution >= 4 is 11.3 Å². The van der Waals surface area contributed by atoms with Gasteiger partial charge in [0.1, 0.15) is 5.01 Å². The zero-order valence-corrected chi connectivity index (χ0v) is 11.8. The molecule has 0 saturated heterocycles. The molecular weight excluding hydrogens is 276 g/mol. The smallest absolute Gasteiger partial charge is 0.231 e. The monoisotopic (exact) mass is 292 g/mol. The van der Waals surface area contributed by atoms with E-state index in [1.807, 2.05) is 23.6 Å². The molecule has 0 bridgehead atoms. The molecule has 106 valence electrons. The molecule has 0 radical (unpaired) electrons. The van der Waals surface area contributed by atoms with Gasteiger partial charge in [0.2, 0.25) is 6.79 Å². The summed E-state index contributed by atoms with van der Waals surface area (Å²) in [6, 6.07) is 5.87. The number of ether oxygens (including phenoxy) is 2. The summed E-state index contributed by atoms with van der Waals surface area (Å²) in [6.45, 7) is 2.03. The van der Waals surface area contributed by atoms with Crippen LogP contribution in [0.5, 0.6) is 11.5 Å². The Hall–Kier alpha value is -1.63. The number of nitrogens with zero attached hydrogens (tertiary/aromatic N) is 1. The lowest BCUT2D eigenvalue weighted by atomic mass is 10.2. The maximum Gasteiger partial charge on any atom is 0.231 e. The van der Waals surface area contributed by atoms with Crippen molar-refractivity contribution in [2.75, 3.05) is 19.9 Å². The Morgan fingerprint density at radius 2 is 2.20 bits per heavy atom. The number of aromatic nitrogens is 1. The van der Waals surface area contributed by atoms with Gasteiger partial charge in [-0.15, -0.1) is 11.3 Å². The molecule has 0 aliphatic carbocycles. The normalized spacial score (nSPS) is 12.8. The fourth-order valence-electron chi connectivity index (χ4n) is 1.97. The highest BCUT2D eigenvalue weighted by atomic mass is 32.1. The number of nitrogens with one attached hydrogen (secondary N) is 1. The first-order chi connectivity index (χ1) is 9.86. The molecule has 1 aromatic carbocycles. The molecule has 0 saturated carbocycles. The Morgan fingerprint density at radius 3 is 3.10 bits per heavy atom. The van der Waals surface area contributed by atoms with E-state index in [9.17, 15) is 0 Å². The van der Waals surface area contributed by atoms with Crippen LogP contribution in [-0.2, 0) is 6.54 Å². The molecule has 6 heteroatoms. The van der Waals surface area contributed by atoms with Crippen molar-refractivity contribution in [2.45, 2.75) is 13.0 Å². The molecule has 0 spiro atoms. The van der Waals surface area contributed by atoms with Gasteiger partial charge in [-0.2, -0.15) is 0 Å². The van der Waals surface area contributed by atoms with Gasteiger partial charge in [0.25, 0.3) is 0 Å². The van der Waals surface area contributed by atoms with Crippen LogP contribution >= 0.6 is 11.3 Å². The second-order valence-corrected chi connectivity index (χ2v) is 5.32. The molecule has 1 aromatic heterocycles. The van der Waals surface area contributed by atoms with Gasteiger partial charge >= 0.3 is 0 Å². The molecule has 3 rings (SSSR count). The van der Waals surface area contributed by atoms with Gasteiger partial charge in [0.15, 0.2) is 11.5 Å². The first kappa shape index (κ1) is 13.4. The number of rotatable bonds is 6. The largest absolute Gasteiger partial charge is 0.454 e. The van der Waals surface area contributed by atoms with Crippen LogP contribution in [0.1, 0.15) is 12.1 Å². The summed E-state index contributed by atoms with van der Waals surface area (Å²) in [6.07, 6.45) is 0.763. The Morgan fingerprint density at radius 1 is 1.30 bits per heavy atom.